The molecule has 0 fully saturated rings. The van der Waals surface area contributed by atoms with Crippen LogP contribution in [-0.4, -0.2) is 18.7 Å². The van der Waals surface area contributed by atoms with Gasteiger partial charge in [0.2, 0.25) is 0 Å². The zero-order chi connectivity index (χ0) is 10.7. The number of nitrogens with two attached hydrogens (primary N) is 1. The van der Waals surface area contributed by atoms with Gasteiger partial charge >= 0.3 is 0 Å². The first-order valence-electron chi connectivity index (χ1n) is 4.74. The lowest BCUT2D eigenvalue weighted by Gasteiger charge is -2.16. The second kappa shape index (κ2) is 4.87. The molecule has 1 heterocycles. The second-order valence-corrected chi connectivity index (χ2v) is 4.89. The molecule has 0 aliphatic carbocycles. The van der Waals surface area contributed by atoms with Crippen LogP contribution in [0.1, 0.15) is 28.5 Å². The first kappa shape index (κ1) is 11.6. The minimum atomic E-state index is -0.00708. The van der Waals surface area contributed by atoms with Crippen LogP contribution in [0.25, 0.3) is 0 Å². The fourth-order valence-electron chi connectivity index (χ4n) is 1.25. The van der Waals surface area contributed by atoms with Gasteiger partial charge in [0.15, 0.2) is 0 Å². The Morgan fingerprint density at radius 3 is 2.57 bits per heavy atom. The summed E-state index contributed by atoms with van der Waals surface area (Å²) < 4.78 is 5.08. The molecule has 0 aromatic carbocycles. The van der Waals surface area contributed by atoms with Crippen molar-refractivity contribution in [1.82, 2.24) is 4.98 Å². The summed E-state index contributed by atoms with van der Waals surface area (Å²) in [5.74, 6) is 0.310. The number of aryl methyl sites for hydroxylation is 2. The zero-order valence-electron chi connectivity index (χ0n) is 9.20. The van der Waals surface area contributed by atoms with Crippen LogP contribution in [0.3, 0.4) is 0 Å². The third-order valence-electron chi connectivity index (χ3n) is 2.37. The average molecular weight is 214 g/mol. The summed E-state index contributed by atoms with van der Waals surface area (Å²) in [5, 5.41) is 1.02. The third-order valence-corrected chi connectivity index (χ3v) is 3.55. The van der Waals surface area contributed by atoms with Gasteiger partial charge in [-0.2, -0.15) is 0 Å². The van der Waals surface area contributed by atoms with Crippen LogP contribution in [0.2, 0.25) is 0 Å². The zero-order valence-corrected chi connectivity index (χ0v) is 10.0. The van der Waals surface area contributed by atoms with Crippen molar-refractivity contribution in [3.8, 4) is 0 Å². The van der Waals surface area contributed by atoms with Gasteiger partial charge in [-0.25, -0.2) is 4.98 Å². The Labute approximate surface area is 89.3 Å². The molecule has 1 aromatic rings. The normalized spacial score (nSPS) is 15.5. The lowest BCUT2D eigenvalue weighted by atomic mass is 10.1. The molecule has 4 heteroatoms. The van der Waals surface area contributed by atoms with Crippen molar-refractivity contribution in [2.75, 3.05) is 13.7 Å². The van der Waals surface area contributed by atoms with Crippen molar-refractivity contribution in [1.29, 1.82) is 0 Å². The van der Waals surface area contributed by atoms with Crippen LogP contribution in [0.15, 0.2) is 0 Å². The van der Waals surface area contributed by atoms with E-state index in [0.717, 1.165) is 10.7 Å². The Kier molecular flexibility index (Phi) is 4.04. The first-order chi connectivity index (χ1) is 6.56. The number of rotatable bonds is 4. The number of methoxy groups -OCH3 is 1. The van der Waals surface area contributed by atoms with Gasteiger partial charge < -0.3 is 10.5 Å². The third kappa shape index (κ3) is 2.53. The van der Waals surface area contributed by atoms with Crippen LogP contribution < -0.4 is 5.73 Å². The number of hydrogen-bond donors (Lipinski definition) is 1. The monoisotopic (exact) mass is 214 g/mol. The quantitative estimate of drug-likeness (QED) is 0.834. The van der Waals surface area contributed by atoms with Crippen molar-refractivity contribution >= 4 is 11.3 Å². The summed E-state index contributed by atoms with van der Waals surface area (Å²) in [6.45, 7) is 6.85. The van der Waals surface area contributed by atoms with Crippen molar-refractivity contribution in [2.45, 2.75) is 26.8 Å². The van der Waals surface area contributed by atoms with E-state index in [1.165, 1.54) is 4.88 Å². The standard InChI is InChI=1S/C10H18N2OS/c1-6(5-13-4)9(11)10-12-7(2)8(3)14-10/h6,9H,5,11H2,1-4H3. The molecule has 1 aromatic heterocycles. The predicted octanol–water partition coefficient (Wildman–Crippen LogP) is 2.04. The van der Waals surface area contributed by atoms with E-state index in [4.69, 9.17) is 10.5 Å². The molecule has 3 nitrogen and oxygen atoms in total. The van der Waals surface area contributed by atoms with E-state index < -0.39 is 0 Å². The molecular formula is C10H18N2OS. The first-order valence-corrected chi connectivity index (χ1v) is 5.56. The molecule has 0 saturated carbocycles. The molecule has 0 radical (unpaired) electrons. The SMILES string of the molecule is COCC(C)C(N)c1nc(C)c(C)s1. The summed E-state index contributed by atoms with van der Waals surface area (Å²) in [5.41, 5.74) is 7.16. The summed E-state index contributed by atoms with van der Waals surface area (Å²) >= 11 is 1.68. The van der Waals surface area contributed by atoms with E-state index >= 15 is 0 Å². The molecule has 0 spiro atoms. The van der Waals surface area contributed by atoms with E-state index in [1.54, 1.807) is 18.4 Å². The molecule has 1 rings (SSSR count). The van der Waals surface area contributed by atoms with Crippen LogP contribution >= 0.6 is 11.3 Å². The van der Waals surface area contributed by atoms with E-state index in [9.17, 15) is 0 Å². The van der Waals surface area contributed by atoms with E-state index in [2.05, 4.69) is 18.8 Å². The fourth-order valence-corrected chi connectivity index (χ4v) is 2.31. The number of ether oxygens (including phenoxy) is 1. The smallest absolute Gasteiger partial charge is 0.110 e. The molecule has 14 heavy (non-hydrogen) atoms. The highest BCUT2D eigenvalue weighted by atomic mass is 32.1. The maximum absolute atomic E-state index is 6.07. The van der Waals surface area contributed by atoms with Gasteiger partial charge in [0.1, 0.15) is 5.01 Å². The minimum Gasteiger partial charge on any atom is -0.384 e. The van der Waals surface area contributed by atoms with Gasteiger partial charge in [0.05, 0.1) is 18.3 Å². The largest absolute Gasteiger partial charge is 0.384 e. The number of nitrogens with zero attached hydrogens (tertiary/aromatic N) is 1. The highest BCUT2D eigenvalue weighted by Crippen LogP contribution is 2.26. The van der Waals surface area contributed by atoms with E-state index in [1.807, 2.05) is 6.92 Å². The minimum absolute atomic E-state index is 0.00708. The average Bonchev–Trinajstić information content (AvgIpc) is 2.46. The molecule has 0 aliphatic heterocycles. The van der Waals surface area contributed by atoms with E-state index in [0.29, 0.717) is 12.5 Å². The molecule has 2 N–H and O–H groups in total. The highest BCUT2D eigenvalue weighted by Gasteiger charge is 2.18. The number of thiazole rings is 1. The van der Waals surface area contributed by atoms with Gasteiger partial charge in [-0.3, -0.25) is 0 Å². The molecule has 0 amide bonds. The van der Waals surface area contributed by atoms with Crippen molar-refractivity contribution in [2.24, 2.45) is 11.7 Å². The molecule has 2 atom stereocenters. The van der Waals surface area contributed by atoms with Crippen LogP contribution in [0.5, 0.6) is 0 Å². The molecule has 0 bridgehead atoms. The summed E-state index contributed by atoms with van der Waals surface area (Å²) in [4.78, 5) is 5.70. The Morgan fingerprint density at radius 2 is 2.14 bits per heavy atom. The van der Waals surface area contributed by atoms with Crippen molar-refractivity contribution in [3.63, 3.8) is 0 Å². The molecule has 80 valence electrons. The summed E-state index contributed by atoms with van der Waals surface area (Å²) in [6.07, 6.45) is 0. The van der Waals surface area contributed by atoms with Crippen LogP contribution in [0.4, 0.5) is 0 Å². The maximum Gasteiger partial charge on any atom is 0.110 e. The Hall–Kier alpha value is -0.450. The second-order valence-electron chi connectivity index (χ2n) is 3.65. The Morgan fingerprint density at radius 1 is 1.50 bits per heavy atom. The lowest BCUT2D eigenvalue weighted by molar-refractivity contribution is 0.147. The topological polar surface area (TPSA) is 48.1 Å². The summed E-state index contributed by atoms with van der Waals surface area (Å²) in [6, 6.07) is -0.00708. The van der Waals surface area contributed by atoms with E-state index in [-0.39, 0.29) is 6.04 Å². The molecule has 0 aliphatic rings. The van der Waals surface area contributed by atoms with Gasteiger partial charge in [-0.05, 0) is 13.8 Å². The highest BCUT2D eigenvalue weighted by molar-refractivity contribution is 7.11. The van der Waals surface area contributed by atoms with Gasteiger partial charge in [-0.1, -0.05) is 6.92 Å². The van der Waals surface area contributed by atoms with Crippen molar-refractivity contribution < 1.29 is 4.74 Å². The summed E-state index contributed by atoms with van der Waals surface area (Å²) in [7, 11) is 1.70. The predicted molar refractivity (Wildman–Crippen MR) is 59.6 cm³/mol. The molecule has 0 saturated heterocycles. The molecular weight excluding hydrogens is 196 g/mol. The fraction of sp³-hybridized carbons (Fsp3) is 0.700. The molecule has 2 unspecified atom stereocenters. The van der Waals surface area contributed by atoms with Gasteiger partial charge in [0, 0.05) is 17.9 Å². The van der Waals surface area contributed by atoms with Crippen LogP contribution in [-0.2, 0) is 4.74 Å². The van der Waals surface area contributed by atoms with Gasteiger partial charge in [0.25, 0.3) is 0 Å². The number of aromatic nitrogens is 1. The Bertz CT molecular complexity index is 279. The lowest BCUT2D eigenvalue weighted by Crippen LogP contribution is -2.22. The number of hydrogen-bond acceptors (Lipinski definition) is 4. The Balaban J connectivity index is 2.73. The van der Waals surface area contributed by atoms with Gasteiger partial charge in [-0.15, -0.1) is 11.3 Å². The van der Waals surface area contributed by atoms with Crippen molar-refractivity contribution in [3.05, 3.63) is 15.6 Å². The maximum atomic E-state index is 6.07. The van der Waals surface area contributed by atoms with Crippen LogP contribution in [0, 0.1) is 19.8 Å².